The van der Waals surface area contributed by atoms with Crippen LogP contribution in [0.5, 0.6) is 5.75 Å². The number of nitrogens with one attached hydrogen (secondary N) is 1. The van der Waals surface area contributed by atoms with Gasteiger partial charge >= 0.3 is 0 Å². The summed E-state index contributed by atoms with van der Waals surface area (Å²) in [6.45, 7) is 1.59. The Balaban J connectivity index is 1.69. The van der Waals surface area contributed by atoms with Crippen molar-refractivity contribution >= 4 is 10.8 Å². The topological polar surface area (TPSA) is 38.3 Å². The van der Waals surface area contributed by atoms with E-state index in [2.05, 4.69) is 17.4 Å². The highest BCUT2D eigenvalue weighted by atomic mass is 32.2. The third-order valence-corrected chi connectivity index (χ3v) is 4.93. The Hall–Kier alpha value is -1.65. The molecule has 0 radical (unpaired) electrons. The first-order chi connectivity index (χ1) is 10.7. The molecular weight excluding hydrogens is 294 g/mol. The molecule has 0 amide bonds. The van der Waals surface area contributed by atoms with Gasteiger partial charge in [0.25, 0.3) is 0 Å². The quantitative estimate of drug-likeness (QED) is 0.939. The van der Waals surface area contributed by atoms with E-state index in [1.54, 1.807) is 6.26 Å². The van der Waals surface area contributed by atoms with Crippen LogP contribution in [0.4, 0.5) is 0 Å². The van der Waals surface area contributed by atoms with Crippen molar-refractivity contribution < 1.29 is 8.95 Å². The second-order valence-electron chi connectivity index (χ2n) is 5.56. The van der Waals surface area contributed by atoms with Gasteiger partial charge in [-0.25, -0.2) is 0 Å². The molecule has 0 saturated heterocycles. The molecule has 2 atom stereocenters. The van der Waals surface area contributed by atoms with Crippen LogP contribution < -0.4 is 10.1 Å². The minimum Gasteiger partial charge on any atom is -0.493 e. The smallest absolute Gasteiger partial charge is 0.124 e. The fourth-order valence-electron chi connectivity index (χ4n) is 2.78. The molecule has 0 bridgehead atoms. The van der Waals surface area contributed by atoms with Gasteiger partial charge in [-0.15, -0.1) is 0 Å². The Morgan fingerprint density at radius 3 is 2.73 bits per heavy atom. The molecule has 22 heavy (non-hydrogen) atoms. The number of rotatable bonds is 4. The molecule has 3 nitrogen and oxygen atoms in total. The zero-order valence-electron chi connectivity index (χ0n) is 12.7. The van der Waals surface area contributed by atoms with E-state index in [0.717, 1.165) is 36.6 Å². The highest BCUT2D eigenvalue weighted by molar-refractivity contribution is 7.84. The first-order valence-corrected chi connectivity index (χ1v) is 9.17. The van der Waals surface area contributed by atoms with Gasteiger partial charge in [0, 0.05) is 40.1 Å². The summed E-state index contributed by atoms with van der Waals surface area (Å²) in [6, 6.07) is 16.6. The fourth-order valence-corrected chi connectivity index (χ4v) is 3.30. The molecule has 1 N–H and O–H groups in total. The standard InChI is InChI=1S/C18H21NO2S/c1-22(20)15-10-8-14(9-11-15)13-19-17-6-4-12-21-18-7-3-2-5-16(17)18/h2-3,5,7-11,17,19H,4,6,12-13H2,1H3/t17-,22+/m0/s1. The number of fused-ring (bicyclic) bond motifs is 1. The first kappa shape index (κ1) is 15.3. The van der Waals surface area contributed by atoms with Crippen molar-refractivity contribution in [3.8, 4) is 5.75 Å². The predicted octanol–water partition coefficient (Wildman–Crippen LogP) is 3.43. The van der Waals surface area contributed by atoms with Gasteiger partial charge in [0.1, 0.15) is 5.75 Å². The van der Waals surface area contributed by atoms with E-state index in [1.807, 2.05) is 36.4 Å². The van der Waals surface area contributed by atoms with E-state index in [4.69, 9.17) is 4.74 Å². The highest BCUT2D eigenvalue weighted by Crippen LogP contribution is 2.31. The maximum atomic E-state index is 11.4. The largest absolute Gasteiger partial charge is 0.493 e. The molecule has 4 heteroatoms. The highest BCUT2D eigenvalue weighted by Gasteiger charge is 2.18. The van der Waals surface area contributed by atoms with Gasteiger partial charge in [-0.2, -0.15) is 0 Å². The lowest BCUT2D eigenvalue weighted by Gasteiger charge is -2.18. The predicted molar refractivity (Wildman–Crippen MR) is 89.5 cm³/mol. The Kier molecular flexibility index (Phi) is 4.90. The van der Waals surface area contributed by atoms with Crippen molar-refractivity contribution in [1.29, 1.82) is 0 Å². The summed E-state index contributed by atoms with van der Waals surface area (Å²) in [4.78, 5) is 0.872. The first-order valence-electron chi connectivity index (χ1n) is 7.61. The summed E-state index contributed by atoms with van der Waals surface area (Å²) < 4.78 is 17.2. The van der Waals surface area contributed by atoms with E-state index < -0.39 is 10.8 Å². The second-order valence-corrected chi connectivity index (χ2v) is 6.94. The van der Waals surface area contributed by atoms with Gasteiger partial charge in [-0.1, -0.05) is 30.3 Å². The van der Waals surface area contributed by atoms with Crippen molar-refractivity contribution in [2.24, 2.45) is 0 Å². The molecule has 0 fully saturated rings. The Labute approximate surface area is 134 Å². The van der Waals surface area contributed by atoms with Gasteiger partial charge in [0.05, 0.1) is 6.61 Å². The van der Waals surface area contributed by atoms with Crippen LogP contribution in [0.25, 0.3) is 0 Å². The number of hydrogen-bond donors (Lipinski definition) is 1. The van der Waals surface area contributed by atoms with Crippen molar-refractivity contribution in [2.45, 2.75) is 30.3 Å². The minimum atomic E-state index is -0.914. The van der Waals surface area contributed by atoms with Crippen LogP contribution in [-0.2, 0) is 17.3 Å². The van der Waals surface area contributed by atoms with Crippen LogP contribution in [0.2, 0.25) is 0 Å². The van der Waals surface area contributed by atoms with Gasteiger partial charge < -0.3 is 10.1 Å². The van der Waals surface area contributed by atoms with Gasteiger partial charge in [-0.05, 0) is 36.6 Å². The molecular formula is C18H21NO2S. The Bertz CT molecular complexity index is 654. The normalized spacial score (nSPS) is 18.9. The van der Waals surface area contributed by atoms with Crippen molar-refractivity contribution in [1.82, 2.24) is 5.32 Å². The summed E-state index contributed by atoms with van der Waals surface area (Å²) in [6.07, 6.45) is 3.84. The fraction of sp³-hybridized carbons (Fsp3) is 0.333. The lowest BCUT2D eigenvalue weighted by Crippen LogP contribution is -2.20. The second kappa shape index (κ2) is 7.07. The Morgan fingerprint density at radius 1 is 1.18 bits per heavy atom. The summed E-state index contributed by atoms with van der Waals surface area (Å²) in [5.74, 6) is 0.995. The van der Waals surface area contributed by atoms with Crippen LogP contribution in [0, 0.1) is 0 Å². The lowest BCUT2D eigenvalue weighted by atomic mass is 10.0. The van der Waals surface area contributed by atoms with E-state index in [9.17, 15) is 4.21 Å². The Morgan fingerprint density at radius 2 is 1.95 bits per heavy atom. The average Bonchev–Trinajstić information content (AvgIpc) is 2.75. The molecule has 0 aromatic heterocycles. The van der Waals surface area contributed by atoms with Gasteiger partial charge in [0.2, 0.25) is 0 Å². The molecule has 2 aromatic rings. The average molecular weight is 315 g/mol. The molecule has 3 rings (SSSR count). The number of benzene rings is 2. The number of ether oxygens (including phenoxy) is 1. The maximum absolute atomic E-state index is 11.4. The minimum absolute atomic E-state index is 0.318. The maximum Gasteiger partial charge on any atom is 0.124 e. The molecule has 0 saturated carbocycles. The van der Waals surface area contributed by atoms with Crippen molar-refractivity contribution in [3.63, 3.8) is 0 Å². The van der Waals surface area contributed by atoms with E-state index in [1.165, 1.54) is 11.1 Å². The van der Waals surface area contributed by atoms with Crippen LogP contribution >= 0.6 is 0 Å². The van der Waals surface area contributed by atoms with Crippen molar-refractivity contribution in [2.75, 3.05) is 12.9 Å². The zero-order valence-corrected chi connectivity index (χ0v) is 13.6. The van der Waals surface area contributed by atoms with Crippen LogP contribution in [0.15, 0.2) is 53.4 Å². The van der Waals surface area contributed by atoms with E-state index in [0.29, 0.717) is 6.04 Å². The van der Waals surface area contributed by atoms with Crippen LogP contribution in [0.3, 0.4) is 0 Å². The number of para-hydroxylation sites is 1. The summed E-state index contributed by atoms with van der Waals surface area (Å²) in [5, 5.41) is 3.63. The molecule has 1 aliphatic rings. The van der Waals surface area contributed by atoms with Gasteiger partial charge in [0.15, 0.2) is 0 Å². The molecule has 0 unspecified atom stereocenters. The summed E-state index contributed by atoms with van der Waals surface area (Å²) in [5.41, 5.74) is 2.45. The molecule has 0 spiro atoms. The zero-order chi connectivity index (χ0) is 15.4. The summed E-state index contributed by atoms with van der Waals surface area (Å²) in [7, 11) is -0.914. The molecule has 0 aliphatic carbocycles. The third kappa shape index (κ3) is 3.57. The third-order valence-electron chi connectivity index (χ3n) is 4.00. The van der Waals surface area contributed by atoms with Crippen LogP contribution in [0.1, 0.15) is 30.0 Å². The van der Waals surface area contributed by atoms with Gasteiger partial charge in [-0.3, -0.25) is 4.21 Å². The van der Waals surface area contributed by atoms with Crippen molar-refractivity contribution in [3.05, 3.63) is 59.7 Å². The van der Waals surface area contributed by atoms with E-state index in [-0.39, 0.29) is 0 Å². The lowest BCUT2D eigenvalue weighted by molar-refractivity contribution is 0.315. The summed E-state index contributed by atoms with van der Waals surface area (Å²) >= 11 is 0. The molecule has 2 aromatic carbocycles. The van der Waals surface area contributed by atoms with E-state index >= 15 is 0 Å². The monoisotopic (exact) mass is 315 g/mol. The SMILES string of the molecule is C[S@@](=O)c1ccc(CN[C@H]2CCCOc3ccccc32)cc1. The molecule has 1 aliphatic heterocycles. The molecule has 1 heterocycles. The number of hydrogen-bond acceptors (Lipinski definition) is 3. The molecule has 116 valence electrons. The van der Waals surface area contributed by atoms with Crippen LogP contribution in [-0.4, -0.2) is 17.1 Å².